The average Bonchev–Trinajstić information content (AvgIpc) is 2.41. The highest BCUT2D eigenvalue weighted by molar-refractivity contribution is 14.1. The molecule has 0 aliphatic heterocycles. The summed E-state index contributed by atoms with van der Waals surface area (Å²) in [5.41, 5.74) is 3.41. The maximum atomic E-state index is 5.98. The molecule has 2 nitrogen and oxygen atoms in total. The van der Waals surface area contributed by atoms with Crippen LogP contribution >= 0.6 is 34.2 Å². The molecule has 20 heavy (non-hydrogen) atoms. The lowest BCUT2D eigenvalue weighted by atomic mass is 10.0. The SMILES string of the molecule is COc1cc(C)ccc1C(C)Nc1ccc(Cl)cc1I. The first-order valence-electron chi connectivity index (χ1n) is 6.37. The van der Waals surface area contributed by atoms with E-state index < -0.39 is 0 Å². The standard InChI is InChI=1S/C16H17ClINO/c1-10-4-6-13(16(8-10)20-3)11(2)19-15-7-5-12(17)9-14(15)18/h4-9,11,19H,1-3H3. The van der Waals surface area contributed by atoms with Crippen molar-refractivity contribution in [3.63, 3.8) is 0 Å². The van der Waals surface area contributed by atoms with Gasteiger partial charge in [-0.3, -0.25) is 0 Å². The van der Waals surface area contributed by atoms with Crippen LogP contribution in [0.1, 0.15) is 24.1 Å². The summed E-state index contributed by atoms with van der Waals surface area (Å²) in [5.74, 6) is 0.911. The van der Waals surface area contributed by atoms with Gasteiger partial charge in [-0.1, -0.05) is 23.7 Å². The van der Waals surface area contributed by atoms with Crippen molar-refractivity contribution < 1.29 is 4.74 Å². The zero-order valence-electron chi connectivity index (χ0n) is 11.7. The van der Waals surface area contributed by atoms with Crippen LogP contribution in [0.5, 0.6) is 5.75 Å². The van der Waals surface area contributed by atoms with E-state index in [1.165, 1.54) is 5.56 Å². The lowest BCUT2D eigenvalue weighted by molar-refractivity contribution is 0.407. The topological polar surface area (TPSA) is 21.3 Å². The van der Waals surface area contributed by atoms with Crippen LogP contribution in [0.3, 0.4) is 0 Å². The number of hydrogen-bond acceptors (Lipinski definition) is 2. The van der Waals surface area contributed by atoms with E-state index in [-0.39, 0.29) is 6.04 Å². The van der Waals surface area contributed by atoms with E-state index in [1.54, 1.807) is 7.11 Å². The second kappa shape index (κ2) is 6.68. The molecule has 2 rings (SSSR count). The molecule has 0 fully saturated rings. The van der Waals surface area contributed by atoms with E-state index in [1.807, 2.05) is 18.2 Å². The van der Waals surface area contributed by atoms with Crippen LogP contribution in [0, 0.1) is 10.5 Å². The number of aryl methyl sites for hydroxylation is 1. The molecule has 0 amide bonds. The van der Waals surface area contributed by atoms with E-state index in [0.717, 1.165) is 25.6 Å². The molecule has 0 radical (unpaired) electrons. The lowest BCUT2D eigenvalue weighted by Crippen LogP contribution is -2.09. The van der Waals surface area contributed by atoms with Crippen molar-refractivity contribution in [2.24, 2.45) is 0 Å². The number of anilines is 1. The van der Waals surface area contributed by atoms with E-state index in [4.69, 9.17) is 16.3 Å². The van der Waals surface area contributed by atoms with Crippen LogP contribution in [0.2, 0.25) is 5.02 Å². The molecule has 106 valence electrons. The fourth-order valence-corrected chi connectivity index (χ4v) is 3.12. The molecule has 0 saturated carbocycles. The minimum Gasteiger partial charge on any atom is -0.496 e. The molecule has 2 aromatic carbocycles. The Morgan fingerprint density at radius 1 is 1.20 bits per heavy atom. The van der Waals surface area contributed by atoms with Gasteiger partial charge in [0.25, 0.3) is 0 Å². The Labute approximate surface area is 138 Å². The van der Waals surface area contributed by atoms with Gasteiger partial charge in [-0.2, -0.15) is 0 Å². The van der Waals surface area contributed by atoms with E-state index in [2.05, 4.69) is 60.0 Å². The minimum atomic E-state index is 0.153. The Kier molecular flexibility index (Phi) is 5.16. The maximum Gasteiger partial charge on any atom is 0.124 e. The largest absolute Gasteiger partial charge is 0.496 e. The molecule has 0 aromatic heterocycles. The fraction of sp³-hybridized carbons (Fsp3) is 0.250. The van der Waals surface area contributed by atoms with Gasteiger partial charge in [-0.25, -0.2) is 0 Å². The Balaban J connectivity index is 2.25. The number of benzene rings is 2. The van der Waals surface area contributed by atoms with E-state index >= 15 is 0 Å². The normalized spacial score (nSPS) is 12.1. The molecule has 1 atom stereocenters. The Bertz CT molecular complexity index is 615. The molecular weight excluding hydrogens is 385 g/mol. The number of halogens is 2. The highest BCUT2D eigenvalue weighted by Crippen LogP contribution is 2.31. The van der Waals surface area contributed by atoms with Gasteiger partial charge in [0.2, 0.25) is 0 Å². The molecule has 2 aromatic rings. The number of methoxy groups -OCH3 is 1. The summed E-state index contributed by atoms with van der Waals surface area (Å²) < 4.78 is 6.58. The monoisotopic (exact) mass is 401 g/mol. The predicted octanol–water partition coefficient (Wildman–Crippen LogP) is 5.43. The van der Waals surface area contributed by atoms with Gasteiger partial charge < -0.3 is 10.1 Å². The van der Waals surface area contributed by atoms with Crippen molar-refractivity contribution in [2.45, 2.75) is 19.9 Å². The van der Waals surface area contributed by atoms with Gasteiger partial charge in [0.05, 0.1) is 13.2 Å². The number of ether oxygens (including phenoxy) is 1. The summed E-state index contributed by atoms with van der Waals surface area (Å²) in [5, 5.41) is 4.25. The highest BCUT2D eigenvalue weighted by atomic mass is 127. The summed E-state index contributed by atoms with van der Waals surface area (Å²) in [6.45, 7) is 4.18. The van der Waals surface area contributed by atoms with Gasteiger partial charge >= 0.3 is 0 Å². The van der Waals surface area contributed by atoms with Crippen molar-refractivity contribution in [2.75, 3.05) is 12.4 Å². The van der Waals surface area contributed by atoms with Crippen molar-refractivity contribution >= 4 is 39.9 Å². The zero-order valence-corrected chi connectivity index (χ0v) is 14.6. The number of nitrogens with one attached hydrogen (secondary N) is 1. The van der Waals surface area contributed by atoms with Gasteiger partial charge in [-0.15, -0.1) is 0 Å². The first-order chi connectivity index (χ1) is 9.51. The molecular formula is C16H17ClINO. The van der Waals surface area contributed by atoms with Crippen molar-refractivity contribution in [1.82, 2.24) is 0 Å². The molecule has 1 unspecified atom stereocenters. The molecule has 1 N–H and O–H groups in total. The predicted molar refractivity (Wildman–Crippen MR) is 93.9 cm³/mol. The lowest BCUT2D eigenvalue weighted by Gasteiger charge is -2.19. The maximum absolute atomic E-state index is 5.98. The second-order valence-electron chi connectivity index (χ2n) is 4.74. The van der Waals surface area contributed by atoms with Crippen LogP contribution in [-0.4, -0.2) is 7.11 Å². The van der Waals surface area contributed by atoms with Gasteiger partial charge in [0.1, 0.15) is 5.75 Å². The summed E-state index contributed by atoms with van der Waals surface area (Å²) >= 11 is 8.27. The highest BCUT2D eigenvalue weighted by Gasteiger charge is 2.12. The van der Waals surface area contributed by atoms with Crippen molar-refractivity contribution in [1.29, 1.82) is 0 Å². The number of hydrogen-bond donors (Lipinski definition) is 1. The van der Waals surface area contributed by atoms with Gasteiger partial charge in [0, 0.05) is 19.8 Å². The first-order valence-corrected chi connectivity index (χ1v) is 7.83. The molecule has 0 spiro atoms. The van der Waals surface area contributed by atoms with Gasteiger partial charge in [-0.05, 0) is 66.3 Å². The van der Waals surface area contributed by atoms with Crippen molar-refractivity contribution in [3.05, 3.63) is 56.1 Å². The van der Waals surface area contributed by atoms with Crippen molar-refractivity contribution in [3.8, 4) is 5.75 Å². The average molecular weight is 402 g/mol. The summed E-state index contributed by atoms with van der Waals surface area (Å²) in [7, 11) is 1.71. The van der Waals surface area contributed by atoms with E-state index in [0.29, 0.717) is 0 Å². The summed E-state index contributed by atoms with van der Waals surface area (Å²) in [6, 6.07) is 12.3. The molecule has 0 aliphatic carbocycles. The Hall–Kier alpha value is -0.940. The third kappa shape index (κ3) is 3.58. The number of rotatable bonds is 4. The third-order valence-electron chi connectivity index (χ3n) is 3.16. The molecule has 4 heteroatoms. The van der Waals surface area contributed by atoms with Crippen LogP contribution < -0.4 is 10.1 Å². The molecule has 0 aliphatic rings. The summed E-state index contributed by atoms with van der Waals surface area (Å²) in [6.07, 6.45) is 0. The zero-order chi connectivity index (χ0) is 14.7. The van der Waals surface area contributed by atoms with Crippen LogP contribution in [0.15, 0.2) is 36.4 Å². The van der Waals surface area contributed by atoms with Gasteiger partial charge in [0.15, 0.2) is 0 Å². The molecule has 0 saturated heterocycles. The fourth-order valence-electron chi connectivity index (χ4n) is 2.09. The van der Waals surface area contributed by atoms with E-state index in [9.17, 15) is 0 Å². The van der Waals surface area contributed by atoms with Crippen LogP contribution in [-0.2, 0) is 0 Å². The second-order valence-corrected chi connectivity index (χ2v) is 6.33. The Morgan fingerprint density at radius 2 is 1.95 bits per heavy atom. The minimum absolute atomic E-state index is 0.153. The Morgan fingerprint density at radius 3 is 2.60 bits per heavy atom. The quantitative estimate of drug-likeness (QED) is 0.689. The third-order valence-corrected chi connectivity index (χ3v) is 4.29. The van der Waals surface area contributed by atoms with Crippen LogP contribution in [0.25, 0.3) is 0 Å². The molecule has 0 heterocycles. The summed E-state index contributed by atoms with van der Waals surface area (Å²) in [4.78, 5) is 0. The first kappa shape index (κ1) is 15.4. The molecule has 0 bridgehead atoms. The van der Waals surface area contributed by atoms with Crippen LogP contribution in [0.4, 0.5) is 5.69 Å². The smallest absolute Gasteiger partial charge is 0.124 e.